The van der Waals surface area contributed by atoms with Crippen LogP contribution in [0.2, 0.25) is 10.0 Å². The molecule has 0 aliphatic carbocycles. The van der Waals surface area contributed by atoms with E-state index in [4.69, 9.17) is 32.4 Å². The molecule has 0 aliphatic rings. The Hall–Kier alpha value is -3.27. The number of anilines is 1. The zero-order valence-corrected chi connectivity index (χ0v) is 20.9. The van der Waals surface area contributed by atoms with Gasteiger partial charge in [-0.15, -0.1) is 16.8 Å². The first kappa shape index (κ1) is 24.8. The van der Waals surface area contributed by atoms with Crippen LogP contribution in [-0.4, -0.2) is 39.0 Å². The Kier molecular flexibility index (Phi) is 7.80. The van der Waals surface area contributed by atoms with Gasteiger partial charge in [0.15, 0.2) is 10.9 Å². The summed E-state index contributed by atoms with van der Waals surface area (Å²) in [7, 11) is 0. The second-order valence-electron chi connectivity index (χ2n) is 7.25. The minimum atomic E-state index is -0.494. The number of fused-ring (bicyclic) bond motifs is 1. The van der Waals surface area contributed by atoms with Crippen LogP contribution in [0, 0.1) is 0 Å². The van der Waals surface area contributed by atoms with Gasteiger partial charge in [0.2, 0.25) is 11.7 Å². The van der Waals surface area contributed by atoms with Crippen LogP contribution in [0.25, 0.3) is 22.6 Å². The first-order valence-electron chi connectivity index (χ1n) is 10.5. The number of nitrogens with zero attached hydrogens (tertiary/aromatic N) is 3. The number of carbonyl (C=O) groups is 2. The Morgan fingerprint density at radius 1 is 1.20 bits per heavy atom. The molecule has 0 fully saturated rings. The zero-order valence-electron chi connectivity index (χ0n) is 18.6. The maximum atomic E-state index is 12.6. The number of hydrogen-bond donors (Lipinski definition) is 1. The summed E-state index contributed by atoms with van der Waals surface area (Å²) in [4.78, 5) is 24.6. The molecule has 4 rings (SSSR count). The number of esters is 1. The monoisotopic (exact) mass is 530 g/mol. The number of thioether (sulfide) groups is 1. The smallest absolute Gasteiger partial charge is 0.338 e. The molecule has 0 atom stereocenters. The van der Waals surface area contributed by atoms with Crippen molar-refractivity contribution in [3.05, 3.63) is 70.7 Å². The van der Waals surface area contributed by atoms with Gasteiger partial charge in [-0.05, 0) is 49.4 Å². The van der Waals surface area contributed by atoms with Gasteiger partial charge in [-0.2, -0.15) is 0 Å². The summed E-state index contributed by atoms with van der Waals surface area (Å²) in [5.74, 6) is 0.240. The molecule has 11 heteroatoms. The third-order valence-corrected chi connectivity index (χ3v) is 6.34. The molecular weight excluding hydrogens is 511 g/mol. The van der Waals surface area contributed by atoms with Crippen LogP contribution >= 0.6 is 35.0 Å². The molecule has 1 N–H and O–H groups in total. The largest absolute Gasteiger partial charge is 0.462 e. The molecule has 0 saturated carbocycles. The topological polar surface area (TPSA) is 99.2 Å². The van der Waals surface area contributed by atoms with Crippen molar-refractivity contribution in [3.8, 4) is 11.6 Å². The molecule has 4 aromatic rings. The highest BCUT2D eigenvalue weighted by molar-refractivity contribution is 7.99. The fourth-order valence-corrected chi connectivity index (χ4v) is 4.37. The number of allylic oxidation sites excluding steroid dienone is 1. The van der Waals surface area contributed by atoms with E-state index in [9.17, 15) is 9.59 Å². The van der Waals surface area contributed by atoms with E-state index in [1.54, 1.807) is 35.8 Å². The predicted octanol–water partition coefficient (Wildman–Crippen LogP) is 6.09. The number of halogens is 2. The van der Waals surface area contributed by atoms with E-state index >= 15 is 0 Å². The van der Waals surface area contributed by atoms with Crippen LogP contribution in [0.4, 0.5) is 5.69 Å². The number of hydrogen-bond acceptors (Lipinski definition) is 7. The first-order valence-corrected chi connectivity index (χ1v) is 12.3. The summed E-state index contributed by atoms with van der Waals surface area (Å²) in [5.41, 5.74) is 1.28. The highest BCUT2D eigenvalue weighted by Crippen LogP contribution is 2.31. The molecule has 2 heterocycles. The third-order valence-electron chi connectivity index (χ3n) is 4.81. The van der Waals surface area contributed by atoms with E-state index in [0.717, 1.165) is 5.39 Å². The van der Waals surface area contributed by atoms with Crippen molar-refractivity contribution in [2.45, 2.75) is 18.6 Å². The Morgan fingerprint density at radius 2 is 2.03 bits per heavy atom. The molecule has 180 valence electrons. The molecule has 0 aliphatic heterocycles. The van der Waals surface area contributed by atoms with Gasteiger partial charge >= 0.3 is 5.97 Å². The molecule has 0 saturated heterocycles. The van der Waals surface area contributed by atoms with E-state index in [1.807, 2.05) is 6.07 Å². The van der Waals surface area contributed by atoms with E-state index in [-0.39, 0.29) is 18.3 Å². The maximum Gasteiger partial charge on any atom is 0.338 e. The molecule has 2 aromatic heterocycles. The maximum absolute atomic E-state index is 12.6. The van der Waals surface area contributed by atoms with Crippen molar-refractivity contribution in [1.29, 1.82) is 0 Å². The standard InChI is InChI=1S/C24H20Cl2N4O4S/c1-3-9-30-22(20-12-15-10-16(25)6-8-19(15)34-20)28-29-24(30)35-13-21(31)27-18-11-14(5-7-17(18)26)23(32)33-4-2/h3,5-8,10-12H,1,4,9,13H2,2H3,(H,27,31). The van der Waals surface area contributed by atoms with Crippen molar-refractivity contribution in [2.75, 3.05) is 17.7 Å². The molecule has 0 radical (unpaired) electrons. The molecule has 8 nitrogen and oxygen atoms in total. The molecule has 2 aromatic carbocycles. The average molecular weight is 531 g/mol. The number of furan rings is 1. The van der Waals surface area contributed by atoms with Gasteiger partial charge in [0.05, 0.1) is 28.6 Å². The second-order valence-corrected chi connectivity index (χ2v) is 9.04. The predicted molar refractivity (Wildman–Crippen MR) is 137 cm³/mol. The molecule has 0 bridgehead atoms. The van der Waals surface area contributed by atoms with E-state index in [0.29, 0.717) is 50.2 Å². The Labute approximate surface area is 215 Å². The summed E-state index contributed by atoms with van der Waals surface area (Å²) in [5, 5.41) is 13.5. The number of carbonyl (C=O) groups excluding carboxylic acids is 2. The summed E-state index contributed by atoms with van der Waals surface area (Å²) in [6.07, 6.45) is 1.71. The minimum absolute atomic E-state index is 0.0327. The van der Waals surface area contributed by atoms with Gasteiger partial charge in [0.1, 0.15) is 5.58 Å². The summed E-state index contributed by atoms with van der Waals surface area (Å²) >= 11 is 13.5. The fourth-order valence-electron chi connectivity index (χ4n) is 3.27. The SMILES string of the molecule is C=CCn1c(SCC(=O)Nc2cc(C(=O)OCC)ccc2Cl)nnc1-c1cc2cc(Cl)ccc2o1. The van der Waals surface area contributed by atoms with Gasteiger partial charge in [-0.3, -0.25) is 9.36 Å². The van der Waals surface area contributed by atoms with Gasteiger partial charge < -0.3 is 14.5 Å². The normalized spacial score (nSPS) is 10.9. The van der Waals surface area contributed by atoms with Crippen LogP contribution in [-0.2, 0) is 16.1 Å². The van der Waals surface area contributed by atoms with Crippen molar-refractivity contribution >= 4 is 63.5 Å². The van der Waals surface area contributed by atoms with E-state index in [2.05, 4.69) is 22.1 Å². The lowest BCUT2D eigenvalue weighted by atomic mass is 10.2. The van der Waals surface area contributed by atoms with Crippen LogP contribution in [0.15, 0.2) is 64.7 Å². The number of ether oxygens (including phenoxy) is 1. The van der Waals surface area contributed by atoms with Gasteiger partial charge in [-0.1, -0.05) is 41.0 Å². The lowest BCUT2D eigenvalue weighted by molar-refractivity contribution is -0.113. The number of amides is 1. The Morgan fingerprint density at radius 3 is 2.80 bits per heavy atom. The van der Waals surface area contributed by atoms with Crippen LogP contribution in [0.5, 0.6) is 0 Å². The summed E-state index contributed by atoms with van der Waals surface area (Å²) < 4.78 is 12.7. The van der Waals surface area contributed by atoms with Crippen LogP contribution < -0.4 is 5.32 Å². The first-order chi connectivity index (χ1) is 16.9. The Balaban J connectivity index is 1.49. The summed E-state index contributed by atoms with van der Waals surface area (Å²) in [6, 6.07) is 11.7. The lowest BCUT2D eigenvalue weighted by Crippen LogP contribution is -2.16. The van der Waals surface area contributed by atoms with E-state index in [1.165, 1.54) is 30.0 Å². The third kappa shape index (κ3) is 5.70. The molecular formula is C24H20Cl2N4O4S. The highest BCUT2D eigenvalue weighted by atomic mass is 35.5. The quantitative estimate of drug-likeness (QED) is 0.159. The van der Waals surface area contributed by atoms with Crippen LogP contribution in [0.3, 0.4) is 0 Å². The lowest BCUT2D eigenvalue weighted by Gasteiger charge is -2.10. The minimum Gasteiger partial charge on any atom is -0.462 e. The van der Waals surface area contributed by atoms with Crippen molar-refractivity contribution < 1.29 is 18.7 Å². The van der Waals surface area contributed by atoms with Crippen molar-refractivity contribution in [3.63, 3.8) is 0 Å². The Bertz CT molecular complexity index is 1420. The number of rotatable bonds is 9. The van der Waals surface area contributed by atoms with E-state index < -0.39 is 5.97 Å². The van der Waals surface area contributed by atoms with Crippen molar-refractivity contribution in [2.24, 2.45) is 0 Å². The number of benzene rings is 2. The number of aromatic nitrogens is 3. The summed E-state index contributed by atoms with van der Waals surface area (Å²) in [6.45, 7) is 6.17. The van der Waals surface area contributed by atoms with Gasteiger partial charge in [0, 0.05) is 17.0 Å². The average Bonchev–Trinajstić information content (AvgIpc) is 3.43. The van der Waals surface area contributed by atoms with Crippen molar-refractivity contribution in [1.82, 2.24) is 14.8 Å². The zero-order chi connectivity index (χ0) is 24.9. The molecule has 0 spiro atoms. The number of nitrogens with one attached hydrogen (secondary N) is 1. The van der Waals surface area contributed by atoms with Gasteiger partial charge in [0.25, 0.3) is 0 Å². The van der Waals surface area contributed by atoms with Crippen LogP contribution in [0.1, 0.15) is 17.3 Å². The second kappa shape index (κ2) is 11.0. The molecule has 0 unspecified atom stereocenters. The fraction of sp³-hybridized carbons (Fsp3) is 0.167. The van der Waals surface area contributed by atoms with Gasteiger partial charge in [-0.25, -0.2) is 4.79 Å². The molecule has 1 amide bonds. The highest BCUT2D eigenvalue weighted by Gasteiger charge is 2.19. The molecule has 35 heavy (non-hydrogen) atoms.